The van der Waals surface area contributed by atoms with Crippen LogP contribution in [-0.2, 0) is 13.6 Å². The van der Waals surface area contributed by atoms with Crippen LogP contribution < -0.4 is 5.73 Å². The number of aromatic nitrogens is 2. The van der Waals surface area contributed by atoms with Gasteiger partial charge in [-0.2, -0.15) is 5.10 Å². The van der Waals surface area contributed by atoms with Crippen LogP contribution in [0.1, 0.15) is 29.8 Å². The van der Waals surface area contributed by atoms with Crippen LogP contribution in [0.15, 0.2) is 24.4 Å². The molecule has 5 heteroatoms. The first kappa shape index (κ1) is 12.7. The molecule has 0 aliphatic carbocycles. The van der Waals surface area contributed by atoms with E-state index in [0.717, 1.165) is 22.3 Å². The summed E-state index contributed by atoms with van der Waals surface area (Å²) in [6.45, 7) is 4.75. The van der Waals surface area contributed by atoms with Gasteiger partial charge in [-0.25, -0.2) is 0 Å². The highest BCUT2D eigenvalue weighted by Crippen LogP contribution is 2.31. The Balaban J connectivity index is 2.04. The van der Waals surface area contributed by atoms with Gasteiger partial charge in [0, 0.05) is 30.8 Å². The number of nitrogens with two attached hydrogens (primary N) is 1. The number of amides is 1. The van der Waals surface area contributed by atoms with Crippen LogP contribution in [0.3, 0.4) is 0 Å². The highest BCUT2D eigenvalue weighted by molar-refractivity contribution is 6.00. The second-order valence-electron chi connectivity index (χ2n) is 5.47. The van der Waals surface area contributed by atoms with Gasteiger partial charge in [-0.1, -0.05) is 12.1 Å². The fourth-order valence-electron chi connectivity index (χ4n) is 2.58. The van der Waals surface area contributed by atoms with Crippen molar-refractivity contribution >= 4 is 11.7 Å². The Morgan fingerprint density at radius 1 is 1.30 bits per heavy atom. The molecule has 0 spiro atoms. The second kappa shape index (κ2) is 4.37. The minimum absolute atomic E-state index is 0.0966. The predicted octanol–water partition coefficient (Wildman–Crippen LogP) is 2.03. The predicted molar refractivity (Wildman–Crippen MR) is 78.1 cm³/mol. The molecule has 0 fully saturated rings. The lowest BCUT2D eigenvalue weighted by atomic mass is 10.0. The Morgan fingerprint density at radius 2 is 2.05 bits per heavy atom. The van der Waals surface area contributed by atoms with E-state index in [1.54, 1.807) is 17.9 Å². The molecule has 1 aliphatic heterocycles. The number of hydrogen-bond acceptors (Lipinski definition) is 3. The number of nitrogens with zero attached hydrogens (tertiary/aromatic N) is 3. The summed E-state index contributed by atoms with van der Waals surface area (Å²) >= 11 is 0. The molecule has 20 heavy (non-hydrogen) atoms. The zero-order valence-corrected chi connectivity index (χ0v) is 11.9. The van der Waals surface area contributed by atoms with E-state index in [-0.39, 0.29) is 11.9 Å². The Kier molecular flexibility index (Phi) is 2.78. The second-order valence-corrected chi connectivity index (χ2v) is 5.47. The summed E-state index contributed by atoms with van der Waals surface area (Å²) in [5.74, 6) is 0.704. The molecule has 1 aliphatic rings. The van der Waals surface area contributed by atoms with E-state index in [1.165, 1.54) is 0 Å². The first-order valence-electron chi connectivity index (χ1n) is 6.70. The molecule has 0 unspecified atom stereocenters. The van der Waals surface area contributed by atoms with E-state index in [1.807, 2.05) is 36.9 Å². The summed E-state index contributed by atoms with van der Waals surface area (Å²) in [6.07, 6.45) is 1.73. The number of carbonyl (C=O) groups is 1. The van der Waals surface area contributed by atoms with Crippen molar-refractivity contribution in [3.05, 3.63) is 35.5 Å². The highest BCUT2D eigenvalue weighted by Gasteiger charge is 2.29. The summed E-state index contributed by atoms with van der Waals surface area (Å²) in [7, 11) is 1.80. The van der Waals surface area contributed by atoms with Crippen molar-refractivity contribution in [1.82, 2.24) is 14.7 Å². The molecule has 0 bridgehead atoms. The topological polar surface area (TPSA) is 64.2 Å². The number of anilines is 1. The molecule has 0 radical (unpaired) electrons. The van der Waals surface area contributed by atoms with Gasteiger partial charge in [-0.05, 0) is 31.0 Å². The summed E-state index contributed by atoms with van der Waals surface area (Å²) in [4.78, 5) is 14.3. The molecule has 2 heterocycles. The average molecular weight is 270 g/mol. The van der Waals surface area contributed by atoms with E-state index < -0.39 is 0 Å². The van der Waals surface area contributed by atoms with Crippen molar-refractivity contribution in [3.8, 4) is 11.1 Å². The monoisotopic (exact) mass is 270 g/mol. The third kappa shape index (κ3) is 1.78. The largest absolute Gasteiger partial charge is 0.383 e. The van der Waals surface area contributed by atoms with Gasteiger partial charge in [0.15, 0.2) is 0 Å². The van der Waals surface area contributed by atoms with Crippen LogP contribution in [0.2, 0.25) is 0 Å². The molecule has 1 aromatic heterocycles. The zero-order chi connectivity index (χ0) is 14.4. The Morgan fingerprint density at radius 3 is 2.65 bits per heavy atom. The molecule has 1 amide bonds. The smallest absolute Gasteiger partial charge is 0.254 e. The van der Waals surface area contributed by atoms with Crippen LogP contribution in [0, 0.1) is 0 Å². The minimum Gasteiger partial charge on any atom is -0.383 e. The van der Waals surface area contributed by atoms with Crippen molar-refractivity contribution in [3.63, 3.8) is 0 Å². The molecule has 1 aromatic carbocycles. The number of aryl methyl sites for hydroxylation is 1. The lowest BCUT2D eigenvalue weighted by molar-refractivity contribution is 0.0730. The summed E-state index contributed by atoms with van der Waals surface area (Å²) in [6, 6.07) is 6.15. The lowest BCUT2D eigenvalue weighted by Crippen LogP contribution is -2.30. The van der Waals surface area contributed by atoms with Crippen LogP contribution in [0.4, 0.5) is 5.82 Å². The minimum atomic E-state index is 0.0966. The molecule has 104 valence electrons. The summed E-state index contributed by atoms with van der Waals surface area (Å²) < 4.78 is 1.63. The molecule has 3 rings (SSSR count). The van der Waals surface area contributed by atoms with Crippen LogP contribution >= 0.6 is 0 Å². The quantitative estimate of drug-likeness (QED) is 0.908. The maximum atomic E-state index is 12.4. The van der Waals surface area contributed by atoms with Gasteiger partial charge in [0.1, 0.15) is 5.82 Å². The number of hydrogen-bond donors (Lipinski definition) is 1. The Bertz CT molecular complexity index is 687. The maximum Gasteiger partial charge on any atom is 0.254 e. The molecule has 0 saturated heterocycles. The zero-order valence-electron chi connectivity index (χ0n) is 11.9. The number of nitrogen functional groups attached to an aromatic ring is 1. The van der Waals surface area contributed by atoms with E-state index in [0.29, 0.717) is 12.4 Å². The fourth-order valence-corrected chi connectivity index (χ4v) is 2.58. The van der Waals surface area contributed by atoms with Gasteiger partial charge >= 0.3 is 0 Å². The first-order chi connectivity index (χ1) is 9.49. The summed E-state index contributed by atoms with van der Waals surface area (Å²) in [5, 5.41) is 4.14. The van der Waals surface area contributed by atoms with Gasteiger partial charge < -0.3 is 10.6 Å². The van der Waals surface area contributed by atoms with E-state index in [2.05, 4.69) is 5.10 Å². The van der Waals surface area contributed by atoms with Crippen molar-refractivity contribution in [2.24, 2.45) is 7.05 Å². The molecule has 2 aromatic rings. The van der Waals surface area contributed by atoms with E-state index in [4.69, 9.17) is 5.73 Å². The fraction of sp³-hybridized carbons (Fsp3) is 0.333. The Hall–Kier alpha value is -2.30. The maximum absolute atomic E-state index is 12.4. The molecule has 5 nitrogen and oxygen atoms in total. The average Bonchev–Trinajstić information content (AvgIpc) is 2.92. The van der Waals surface area contributed by atoms with Crippen LogP contribution in [-0.4, -0.2) is 26.6 Å². The van der Waals surface area contributed by atoms with Gasteiger partial charge in [-0.3, -0.25) is 9.48 Å². The number of rotatable bonds is 2. The molecule has 0 saturated carbocycles. The van der Waals surface area contributed by atoms with Gasteiger partial charge in [-0.15, -0.1) is 0 Å². The molecular weight excluding hydrogens is 252 g/mol. The first-order valence-corrected chi connectivity index (χ1v) is 6.70. The van der Waals surface area contributed by atoms with Crippen molar-refractivity contribution in [2.45, 2.75) is 26.4 Å². The van der Waals surface area contributed by atoms with Crippen molar-refractivity contribution < 1.29 is 4.79 Å². The molecular formula is C15H18N4O. The Labute approximate surface area is 118 Å². The number of carbonyl (C=O) groups excluding carboxylic acids is 1. The standard InChI is InChI=1S/C15H18N4O/c1-9(2)19-8-11-5-4-10(6-12(11)15(19)20)13-7-17-18(3)14(13)16/h4-7,9H,8,16H2,1-3H3. The highest BCUT2D eigenvalue weighted by atomic mass is 16.2. The van der Waals surface area contributed by atoms with Crippen LogP contribution in [0.25, 0.3) is 11.1 Å². The number of benzene rings is 1. The normalized spacial score (nSPS) is 14.2. The van der Waals surface area contributed by atoms with Crippen LogP contribution in [0.5, 0.6) is 0 Å². The molecule has 2 N–H and O–H groups in total. The summed E-state index contributed by atoms with van der Waals surface area (Å²) in [5.41, 5.74) is 9.66. The van der Waals surface area contributed by atoms with Gasteiger partial charge in [0.25, 0.3) is 5.91 Å². The van der Waals surface area contributed by atoms with Crippen molar-refractivity contribution in [1.29, 1.82) is 0 Å². The third-order valence-electron chi connectivity index (χ3n) is 3.86. The molecule has 0 atom stereocenters. The van der Waals surface area contributed by atoms with Crippen molar-refractivity contribution in [2.75, 3.05) is 5.73 Å². The third-order valence-corrected chi connectivity index (χ3v) is 3.86. The van der Waals surface area contributed by atoms with E-state index >= 15 is 0 Å². The lowest BCUT2D eigenvalue weighted by Gasteiger charge is -2.19. The van der Waals surface area contributed by atoms with Gasteiger partial charge in [0.05, 0.1) is 6.20 Å². The van der Waals surface area contributed by atoms with Gasteiger partial charge in [0.2, 0.25) is 0 Å². The SMILES string of the molecule is CC(C)N1Cc2ccc(-c3cnn(C)c3N)cc2C1=O. The number of fused-ring (bicyclic) bond motifs is 1. The van der Waals surface area contributed by atoms with E-state index in [9.17, 15) is 4.79 Å².